The zero-order valence-electron chi connectivity index (χ0n) is 20.8. The summed E-state index contributed by atoms with van der Waals surface area (Å²) in [6, 6.07) is 12.0. The van der Waals surface area contributed by atoms with Gasteiger partial charge in [-0.2, -0.15) is 0 Å². The Morgan fingerprint density at radius 3 is 2.45 bits per heavy atom. The van der Waals surface area contributed by atoms with Gasteiger partial charge in [0.1, 0.15) is 5.60 Å². The van der Waals surface area contributed by atoms with E-state index in [1.54, 1.807) is 0 Å². The fourth-order valence-electron chi connectivity index (χ4n) is 5.53. The van der Waals surface area contributed by atoms with Crippen molar-refractivity contribution in [2.45, 2.75) is 102 Å². The summed E-state index contributed by atoms with van der Waals surface area (Å²) in [5.41, 5.74) is 0.827. The molecule has 2 heterocycles. The van der Waals surface area contributed by atoms with Crippen LogP contribution in [0.3, 0.4) is 0 Å². The number of nitrogens with zero attached hydrogens (tertiary/aromatic N) is 2. The molecule has 4 rings (SSSR count). The van der Waals surface area contributed by atoms with Crippen LogP contribution in [0.2, 0.25) is 0 Å². The second-order valence-electron chi connectivity index (χ2n) is 11.1. The van der Waals surface area contributed by atoms with E-state index in [0.29, 0.717) is 30.8 Å². The molecule has 0 aromatic heterocycles. The summed E-state index contributed by atoms with van der Waals surface area (Å²) in [6.07, 6.45) is 8.48. The second-order valence-corrected chi connectivity index (χ2v) is 11.1. The first kappa shape index (κ1) is 24.5. The van der Waals surface area contributed by atoms with Gasteiger partial charge in [0.2, 0.25) is 0 Å². The van der Waals surface area contributed by atoms with Crippen LogP contribution < -0.4 is 5.32 Å². The third kappa shape index (κ3) is 7.17. The van der Waals surface area contributed by atoms with E-state index in [1.165, 1.54) is 37.7 Å². The van der Waals surface area contributed by atoms with Crippen LogP contribution in [-0.2, 0) is 16.1 Å². The Morgan fingerprint density at radius 1 is 1.00 bits per heavy atom. The second kappa shape index (κ2) is 11.2. The number of piperidine rings is 1. The van der Waals surface area contributed by atoms with Crippen molar-refractivity contribution in [3.05, 3.63) is 35.9 Å². The zero-order valence-corrected chi connectivity index (χ0v) is 20.8. The number of likely N-dealkylation sites (tertiary alicyclic amines) is 2. The van der Waals surface area contributed by atoms with Crippen LogP contribution in [-0.4, -0.2) is 71.9 Å². The first-order valence-electron chi connectivity index (χ1n) is 13.0. The van der Waals surface area contributed by atoms with E-state index in [1.807, 2.05) is 25.7 Å². The highest BCUT2D eigenvalue weighted by atomic mass is 16.6. The van der Waals surface area contributed by atoms with Gasteiger partial charge < -0.3 is 19.7 Å². The molecule has 0 bridgehead atoms. The van der Waals surface area contributed by atoms with E-state index < -0.39 is 5.60 Å². The van der Waals surface area contributed by atoms with Crippen molar-refractivity contribution in [2.75, 3.05) is 26.2 Å². The normalized spacial score (nSPS) is 27.6. The highest BCUT2D eigenvalue weighted by Crippen LogP contribution is 2.26. The number of nitrogens with one attached hydrogen (secondary N) is 1. The van der Waals surface area contributed by atoms with Crippen LogP contribution in [0.5, 0.6) is 0 Å². The van der Waals surface area contributed by atoms with Crippen LogP contribution in [0.15, 0.2) is 30.3 Å². The number of hydrogen-bond donors (Lipinski definition) is 1. The van der Waals surface area contributed by atoms with Gasteiger partial charge in [-0.1, -0.05) is 43.2 Å². The zero-order chi connectivity index (χ0) is 23.3. The van der Waals surface area contributed by atoms with E-state index in [4.69, 9.17) is 9.47 Å². The molecule has 1 amide bonds. The number of hydrogen-bond acceptors (Lipinski definition) is 5. The molecular weight excluding hydrogens is 414 g/mol. The van der Waals surface area contributed by atoms with Crippen LogP contribution in [0.1, 0.15) is 71.3 Å². The summed E-state index contributed by atoms with van der Waals surface area (Å²) in [4.78, 5) is 16.9. The first-order valence-corrected chi connectivity index (χ1v) is 13.0. The Bertz CT molecular complexity index is 743. The highest BCUT2D eigenvalue weighted by molar-refractivity contribution is 5.68. The third-order valence-electron chi connectivity index (χ3n) is 7.32. The maximum absolute atomic E-state index is 12.4. The Hall–Kier alpha value is -1.63. The summed E-state index contributed by atoms with van der Waals surface area (Å²) in [5, 5.41) is 3.97. The molecule has 0 radical (unpaired) electrons. The predicted octanol–water partition coefficient (Wildman–Crippen LogP) is 4.58. The van der Waals surface area contributed by atoms with E-state index in [9.17, 15) is 4.79 Å². The van der Waals surface area contributed by atoms with Gasteiger partial charge in [0.15, 0.2) is 0 Å². The molecule has 1 saturated carbocycles. The third-order valence-corrected chi connectivity index (χ3v) is 7.32. The van der Waals surface area contributed by atoms with E-state index in [2.05, 4.69) is 40.5 Å². The number of carbonyl (C=O) groups is 1. The number of carbonyl (C=O) groups excluding carboxylic acids is 1. The minimum atomic E-state index is -0.430. The van der Waals surface area contributed by atoms with Crippen molar-refractivity contribution < 1.29 is 14.3 Å². The molecule has 2 aliphatic heterocycles. The summed E-state index contributed by atoms with van der Waals surface area (Å²) < 4.78 is 11.9. The smallest absolute Gasteiger partial charge is 0.410 e. The van der Waals surface area contributed by atoms with Crippen molar-refractivity contribution >= 4 is 6.09 Å². The molecule has 184 valence electrons. The van der Waals surface area contributed by atoms with Gasteiger partial charge in [-0.3, -0.25) is 4.90 Å². The summed E-state index contributed by atoms with van der Waals surface area (Å²) >= 11 is 0. The maximum Gasteiger partial charge on any atom is 0.410 e. The molecule has 1 aromatic carbocycles. The molecule has 1 N–H and O–H groups in total. The lowest BCUT2D eigenvalue weighted by molar-refractivity contribution is -0.0111. The maximum atomic E-state index is 12.4. The molecule has 3 fully saturated rings. The van der Waals surface area contributed by atoms with Crippen molar-refractivity contribution in [2.24, 2.45) is 0 Å². The SMILES string of the molecule is CC(C)(C)OC(=O)N1CC[C@H](N2CCC(N[C@H]3CCCC[C@@H]3OCc3ccccc3)CC2)C1. The van der Waals surface area contributed by atoms with Crippen molar-refractivity contribution in [1.29, 1.82) is 0 Å². The molecule has 1 aliphatic carbocycles. The fraction of sp³-hybridized carbons (Fsp3) is 0.741. The lowest BCUT2D eigenvalue weighted by atomic mass is 9.90. The minimum Gasteiger partial charge on any atom is -0.444 e. The van der Waals surface area contributed by atoms with Gasteiger partial charge >= 0.3 is 6.09 Å². The summed E-state index contributed by atoms with van der Waals surface area (Å²) in [7, 11) is 0. The molecule has 2 saturated heterocycles. The van der Waals surface area contributed by atoms with Gasteiger partial charge in [-0.05, 0) is 71.5 Å². The number of amides is 1. The predicted molar refractivity (Wildman–Crippen MR) is 131 cm³/mol. The summed E-state index contributed by atoms with van der Waals surface area (Å²) in [5.74, 6) is 0. The van der Waals surface area contributed by atoms with Crippen LogP contribution in [0.25, 0.3) is 0 Å². The van der Waals surface area contributed by atoms with E-state index in [0.717, 1.165) is 39.0 Å². The van der Waals surface area contributed by atoms with Crippen molar-refractivity contribution in [3.8, 4) is 0 Å². The lowest BCUT2D eigenvalue weighted by Crippen LogP contribution is -2.53. The largest absolute Gasteiger partial charge is 0.444 e. The van der Waals surface area contributed by atoms with Crippen LogP contribution in [0, 0.1) is 0 Å². The van der Waals surface area contributed by atoms with Gasteiger partial charge in [-0.15, -0.1) is 0 Å². The van der Waals surface area contributed by atoms with Crippen LogP contribution >= 0.6 is 0 Å². The Labute approximate surface area is 200 Å². The Morgan fingerprint density at radius 2 is 1.73 bits per heavy atom. The van der Waals surface area contributed by atoms with Crippen molar-refractivity contribution in [3.63, 3.8) is 0 Å². The average molecular weight is 458 g/mol. The molecule has 0 spiro atoms. The standard InChI is InChI=1S/C27H43N3O3/c1-27(2,3)33-26(31)30-18-15-23(19-30)29-16-13-22(14-17-29)28-24-11-7-8-12-25(24)32-20-21-9-5-4-6-10-21/h4-6,9-10,22-25,28H,7-8,11-20H2,1-3H3/t23-,24-,25-/m0/s1. The summed E-state index contributed by atoms with van der Waals surface area (Å²) in [6.45, 7) is 10.3. The van der Waals surface area contributed by atoms with Crippen molar-refractivity contribution in [1.82, 2.24) is 15.1 Å². The Kier molecular flexibility index (Phi) is 8.31. The van der Waals surface area contributed by atoms with Gasteiger partial charge in [0.25, 0.3) is 0 Å². The van der Waals surface area contributed by atoms with Gasteiger partial charge in [0, 0.05) is 31.2 Å². The van der Waals surface area contributed by atoms with E-state index >= 15 is 0 Å². The van der Waals surface area contributed by atoms with Crippen LogP contribution in [0.4, 0.5) is 4.79 Å². The molecule has 6 heteroatoms. The quantitative estimate of drug-likeness (QED) is 0.678. The molecule has 6 nitrogen and oxygen atoms in total. The molecule has 3 aliphatic rings. The average Bonchev–Trinajstić information content (AvgIpc) is 3.29. The Balaban J connectivity index is 1.20. The molecule has 33 heavy (non-hydrogen) atoms. The lowest BCUT2D eigenvalue weighted by Gasteiger charge is -2.40. The van der Waals surface area contributed by atoms with E-state index in [-0.39, 0.29) is 6.09 Å². The number of ether oxygens (including phenoxy) is 2. The molecule has 0 unspecified atom stereocenters. The fourth-order valence-corrected chi connectivity index (χ4v) is 5.53. The van der Waals surface area contributed by atoms with Gasteiger partial charge in [-0.25, -0.2) is 4.79 Å². The minimum absolute atomic E-state index is 0.166. The molecule has 1 aromatic rings. The van der Waals surface area contributed by atoms with Gasteiger partial charge in [0.05, 0.1) is 12.7 Å². The molecular formula is C27H43N3O3. The molecule has 3 atom stereocenters. The monoisotopic (exact) mass is 457 g/mol. The first-order chi connectivity index (χ1) is 15.9. The highest BCUT2D eigenvalue weighted by Gasteiger charge is 2.35. The number of benzene rings is 1. The number of rotatable bonds is 6. The topological polar surface area (TPSA) is 54.0 Å².